The molecule has 0 saturated carbocycles. The first-order chi connectivity index (χ1) is 11.7. The van der Waals surface area contributed by atoms with Crippen LogP contribution in [-0.4, -0.2) is 22.5 Å². The summed E-state index contributed by atoms with van der Waals surface area (Å²) < 4.78 is 11.5. The molecule has 0 amide bonds. The van der Waals surface area contributed by atoms with Crippen LogP contribution in [0.25, 0.3) is 11.5 Å². The molecule has 0 N–H and O–H groups in total. The molecule has 0 aliphatic rings. The fourth-order valence-electron chi connectivity index (χ4n) is 1.96. The number of aldehydes is 1. The van der Waals surface area contributed by atoms with Gasteiger partial charge < -0.3 is 9.15 Å². The number of esters is 1. The third-order valence-electron chi connectivity index (χ3n) is 3.18. The van der Waals surface area contributed by atoms with E-state index in [9.17, 15) is 9.59 Å². The standard InChI is InChI=1S/C17H11BrN2O4/c18-14-4-2-1-3-13(14)16-20-19-15(24-16)10-23-17(22)12-7-5-11(9-21)6-8-12/h1-9H,10H2. The molecule has 0 spiro atoms. The van der Waals surface area contributed by atoms with Crippen LogP contribution in [-0.2, 0) is 11.3 Å². The molecule has 3 aromatic rings. The Hall–Kier alpha value is -2.80. The van der Waals surface area contributed by atoms with Gasteiger partial charge in [0.2, 0.25) is 5.89 Å². The molecule has 1 aromatic heterocycles. The van der Waals surface area contributed by atoms with Gasteiger partial charge >= 0.3 is 5.97 Å². The van der Waals surface area contributed by atoms with E-state index in [0.29, 0.717) is 23.3 Å². The molecular formula is C17H11BrN2O4. The Bertz CT molecular complexity index is 874. The van der Waals surface area contributed by atoms with Crippen LogP contribution in [0, 0.1) is 0 Å². The first kappa shape index (κ1) is 16.1. The topological polar surface area (TPSA) is 82.3 Å². The molecule has 3 rings (SSSR count). The van der Waals surface area contributed by atoms with Crippen molar-refractivity contribution >= 4 is 28.2 Å². The van der Waals surface area contributed by atoms with E-state index in [2.05, 4.69) is 26.1 Å². The largest absolute Gasteiger partial charge is 0.452 e. The van der Waals surface area contributed by atoms with Crippen molar-refractivity contribution in [3.8, 4) is 11.5 Å². The van der Waals surface area contributed by atoms with Gasteiger partial charge in [-0.05, 0) is 40.2 Å². The van der Waals surface area contributed by atoms with E-state index in [-0.39, 0.29) is 12.5 Å². The number of rotatable bonds is 5. The van der Waals surface area contributed by atoms with Crippen LogP contribution < -0.4 is 0 Å². The van der Waals surface area contributed by atoms with Gasteiger partial charge in [0.15, 0.2) is 6.61 Å². The Morgan fingerprint density at radius 2 is 1.88 bits per heavy atom. The first-order valence-electron chi connectivity index (χ1n) is 6.97. The van der Waals surface area contributed by atoms with Gasteiger partial charge in [-0.1, -0.05) is 24.3 Å². The number of ether oxygens (including phenoxy) is 1. The summed E-state index contributed by atoms with van der Waals surface area (Å²) in [4.78, 5) is 22.5. The zero-order valence-corrected chi connectivity index (χ0v) is 13.9. The van der Waals surface area contributed by atoms with Gasteiger partial charge in [0, 0.05) is 10.0 Å². The van der Waals surface area contributed by atoms with Gasteiger partial charge in [-0.25, -0.2) is 4.79 Å². The quantitative estimate of drug-likeness (QED) is 0.491. The fourth-order valence-corrected chi connectivity index (χ4v) is 2.42. The smallest absolute Gasteiger partial charge is 0.338 e. The summed E-state index contributed by atoms with van der Waals surface area (Å²) in [6.07, 6.45) is 0.705. The molecule has 0 fully saturated rings. The van der Waals surface area contributed by atoms with Gasteiger partial charge in [0.25, 0.3) is 5.89 Å². The average Bonchev–Trinajstić information content (AvgIpc) is 3.09. The molecule has 0 unspecified atom stereocenters. The van der Waals surface area contributed by atoms with Crippen LogP contribution in [0.4, 0.5) is 0 Å². The second-order valence-corrected chi connectivity index (χ2v) is 5.65. The number of benzene rings is 2. The van der Waals surface area contributed by atoms with E-state index in [0.717, 1.165) is 10.0 Å². The third kappa shape index (κ3) is 3.57. The summed E-state index contributed by atoms with van der Waals surface area (Å²) in [5.41, 5.74) is 1.58. The van der Waals surface area contributed by atoms with Crippen LogP contribution in [0.1, 0.15) is 26.6 Å². The molecule has 120 valence electrons. The number of nitrogens with zero attached hydrogens (tertiary/aromatic N) is 2. The second-order valence-electron chi connectivity index (χ2n) is 4.80. The van der Waals surface area contributed by atoms with E-state index >= 15 is 0 Å². The highest BCUT2D eigenvalue weighted by Gasteiger charge is 2.13. The maximum Gasteiger partial charge on any atom is 0.338 e. The molecule has 6 nitrogen and oxygen atoms in total. The Balaban J connectivity index is 1.66. The van der Waals surface area contributed by atoms with E-state index in [4.69, 9.17) is 9.15 Å². The molecule has 0 saturated heterocycles. The van der Waals surface area contributed by atoms with Crippen molar-refractivity contribution < 1.29 is 18.7 Å². The normalized spacial score (nSPS) is 10.4. The van der Waals surface area contributed by atoms with Gasteiger partial charge in [0.05, 0.1) is 11.1 Å². The molecular weight excluding hydrogens is 376 g/mol. The molecule has 24 heavy (non-hydrogen) atoms. The van der Waals surface area contributed by atoms with Crippen molar-refractivity contribution in [1.29, 1.82) is 0 Å². The van der Waals surface area contributed by atoms with Gasteiger partial charge in [-0.15, -0.1) is 10.2 Å². The summed E-state index contributed by atoms with van der Waals surface area (Å²) in [6.45, 7) is -0.133. The van der Waals surface area contributed by atoms with Crippen LogP contribution >= 0.6 is 15.9 Å². The number of carbonyl (C=O) groups excluding carboxylic acids is 2. The lowest BCUT2D eigenvalue weighted by atomic mass is 10.1. The number of halogens is 1. The van der Waals surface area contributed by atoms with Crippen LogP contribution in [0.2, 0.25) is 0 Å². The zero-order valence-electron chi connectivity index (χ0n) is 12.3. The van der Waals surface area contributed by atoms with Crippen LogP contribution in [0.3, 0.4) is 0 Å². The summed E-state index contributed by atoms with van der Waals surface area (Å²) >= 11 is 3.41. The van der Waals surface area contributed by atoms with Crippen molar-refractivity contribution in [2.24, 2.45) is 0 Å². The fraction of sp³-hybridized carbons (Fsp3) is 0.0588. The molecule has 7 heteroatoms. The predicted molar refractivity (Wildman–Crippen MR) is 88.4 cm³/mol. The third-order valence-corrected chi connectivity index (χ3v) is 3.87. The lowest BCUT2D eigenvalue weighted by Gasteiger charge is -2.02. The van der Waals surface area contributed by atoms with Crippen molar-refractivity contribution in [2.45, 2.75) is 6.61 Å². The minimum atomic E-state index is -0.534. The SMILES string of the molecule is O=Cc1ccc(C(=O)OCc2nnc(-c3ccccc3Br)o2)cc1. The lowest BCUT2D eigenvalue weighted by molar-refractivity contribution is 0.0438. The maximum atomic E-state index is 11.9. The highest BCUT2D eigenvalue weighted by molar-refractivity contribution is 9.10. The van der Waals surface area contributed by atoms with Crippen molar-refractivity contribution in [3.63, 3.8) is 0 Å². The molecule has 0 aliphatic heterocycles. The molecule has 0 atom stereocenters. The number of hydrogen-bond acceptors (Lipinski definition) is 6. The Labute approximate surface area is 145 Å². The van der Waals surface area contributed by atoms with E-state index < -0.39 is 5.97 Å². The number of carbonyl (C=O) groups is 2. The summed E-state index contributed by atoms with van der Waals surface area (Å²) in [5, 5.41) is 7.81. The molecule has 0 radical (unpaired) electrons. The summed E-state index contributed by atoms with van der Waals surface area (Å²) in [5.74, 6) is -0.00411. The first-order valence-corrected chi connectivity index (χ1v) is 7.76. The minimum Gasteiger partial charge on any atom is -0.452 e. The molecule has 0 aliphatic carbocycles. The number of aromatic nitrogens is 2. The maximum absolute atomic E-state index is 11.9. The Morgan fingerprint density at radius 1 is 1.12 bits per heavy atom. The molecule has 2 aromatic carbocycles. The zero-order chi connectivity index (χ0) is 16.9. The van der Waals surface area contributed by atoms with E-state index in [1.807, 2.05) is 24.3 Å². The van der Waals surface area contributed by atoms with E-state index in [1.54, 1.807) is 12.1 Å². The lowest BCUT2D eigenvalue weighted by Crippen LogP contribution is -2.05. The second kappa shape index (κ2) is 7.18. The van der Waals surface area contributed by atoms with Crippen LogP contribution in [0.15, 0.2) is 57.4 Å². The highest BCUT2D eigenvalue weighted by Crippen LogP contribution is 2.26. The average molecular weight is 387 g/mol. The van der Waals surface area contributed by atoms with Gasteiger partial charge in [0.1, 0.15) is 6.29 Å². The summed E-state index contributed by atoms with van der Waals surface area (Å²) in [6, 6.07) is 13.6. The summed E-state index contributed by atoms with van der Waals surface area (Å²) in [7, 11) is 0. The highest BCUT2D eigenvalue weighted by atomic mass is 79.9. The van der Waals surface area contributed by atoms with E-state index in [1.165, 1.54) is 12.1 Å². The van der Waals surface area contributed by atoms with Crippen molar-refractivity contribution in [3.05, 3.63) is 70.0 Å². The Morgan fingerprint density at radius 3 is 2.58 bits per heavy atom. The molecule has 0 bridgehead atoms. The monoisotopic (exact) mass is 386 g/mol. The van der Waals surface area contributed by atoms with Gasteiger partial charge in [-0.3, -0.25) is 4.79 Å². The predicted octanol–water partition coefficient (Wildman–Crippen LogP) is 3.67. The van der Waals surface area contributed by atoms with Crippen LogP contribution in [0.5, 0.6) is 0 Å². The van der Waals surface area contributed by atoms with Crippen molar-refractivity contribution in [1.82, 2.24) is 10.2 Å². The Kier molecular flexibility index (Phi) is 4.81. The minimum absolute atomic E-state index is 0.133. The van der Waals surface area contributed by atoms with Crippen molar-refractivity contribution in [2.75, 3.05) is 0 Å². The van der Waals surface area contributed by atoms with Gasteiger partial charge in [-0.2, -0.15) is 0 Å². The molecule has 1 heterocycles. The number of hydrogen-bond donors (Lipinski definition) is 0.